The fourth-order valence-corrected chi connectivity index (χ4v) is 3.52. The van der Waals surface area contributed by atoms with Gasteiger partial charge in [-0.15, -0.1) is 24.0 Å². The molecule has 8 heteroatoms. The maximum Gasteiger partial charge on any atom is 0.220 e. The molecule has 0 atom stereocenters. The van der Waals surface area contributed by atoms with Gasteiger partial charge in [0.25, 0.3) is 0 Å². The average Bonchev–Trinajstić information content (AvgIpc) is 3.05. The number of nitrogens with zero attached hydrogens (tertiary/aromatic N) is 4. The molecule has 3 N–H and O–H groups in total. The van der Waals surface area contributed by atoms with E-state index in [-0.39, 0.29) is 35.8 Å². The molecule has 1 aromatic heterocycles. The van der Waals surface area contributed by atoms with Gasteiger partial charge in [0.2, 0.25) is 5.91 Å². The number of guanidine groups is 1. The number of hydrogen-bond acceptors (Lipinski definition) is 3. The second-order valence-electron chi connectivity index (χ2n) is 7.43. The molecule has 0 aliphatic carbocycles. The van der Waals surface area contributed by atoms with Gasteiger partial charge in [-0.2, -0.15) is 0 Å². The summed E-state index contributed by atoms with van der Waals surface area (Å²) in [4.78, 5) is 20.6. The van der Waals surface area contributed by atoms with E-state index in [9.17, 15) is 4.79 Å². The highest BCUT2D eigenvalue weighted by Gasteiger charge is 2.22. The molecular weight excluding hydrogens is 467 g/mol. The minimum absolute atomic E-state index is 0. The Morgan fingerprint density at radius 2 is 2.07 bits per heavy atom. The van der Waals surface area contributed by atoms with E-state index in [1.54, 1.807) is 0 Å². The standard InChI is InChI=1S/C20H36N6O.HI/c1-4-22-20(25(3)16-18-8-7-12-24(18)2)23-11-5-6-13-26-14-9-17(10-15-26)19(21)27;/h7-8,12,17H,4-6,9-11,13-16H2,1-3H3,(H2,21,27)(H,22,23);1H. The van der Waals surface area contributed by atoms with Crippen molar-refractivity contribution in [3.05, 3.63) is 24.0 Å². The van der Waals surface area contributed by atoms with Gasteiger partial charge in [-0.25, -0.2) is 0 Å². The number of halogens is 1. The summed E-state index contributed by atoms with van der Waals surface area (Å²) in [5.74, 6) is 0.897. The quantitative estimate of drug-likeness (QED) is 0.234. The first-order valence-electron chi connectivity index (χ1n) is 10.1. The van der Waals surface area contributed by atoms with Crippen molar-refractivity contribution in [3.63, 3.8) is 0 Å². The highest BCUT2D eigenvalue weighted by atomic mass is 127. The van der Waals surface area contributed by atoms with E-state index in [0.29, 0.717) is 0 Å². The van der Waals surface area contributed by atoms with Crippen LogP contribution in [0.25, 0.3) is 0 Å². The molecule has 28 heavy (non-hydrogen) atoms. The van der Waals surface area contributed by atoms with Gasteiger partial charge in [0.05, 0.1) is 6.54 Å². The maximum atomic E-state index is 11.2. The molecule has 0 unspecified atom stereocenters. The third-order valence-electron chi connectivity index (χ3n) is 5.28. The molecule has 2 heterocycles. The molecule has 0 bridgehead atoms. The summed E-state index contributed by atoms with van der Waals surface area (Å²) < 4.78 is 2.14. The molecule has 1 aliphatic heterocycles. The number of aliphatic imine (C=N–C) groups is 1. The maximum absolute atomic E-state index is 11.2. The van der Waals surface area contributed by atoms with Crippen LogP contribution in [-0.2, 0) is 18.4 Å². The SMILES string of the molecule is CCNC(=NCCCCN1CCC(C(N)=O)CC1)N(C)Cc1cccn1C.I. The zero-order valence-corrected chi connectivity index (χ0v) is 19.9. The van der Waals surface area contributed by atoms with Gasteiger partial charge in [0, 0.05) is 45.0 Å². The van der Waals surface area contributed by atoms with Gasteiger partial charge in [0.15, 0.2) is 5.96 Å². The van der Waals surface area contributed by atoms with E-state index in [0.717, 1.165) is 70.9 Å². The monoisotopic (exact) mass is 504 g/mol. The number of unbranched alkanes of at least 4 members (excludes halogenated alkanes) is 1. The van der Waals surface area contributed by atoms with Crippen LogP contribution in [-0.4, -0.2) is 66.0 Å². The summed E-state index contributed by atoms with van der Waals surface area (Å²) in [5.41, 5.74) is 6.66. The number of nitrogens with two attached hydrogens (primary N) is 1. The van der Waals surface area contributed by atoms with E-state index >= 15 is 0 Å². The smallest absolute Gasteiger partial charge is 0.220 e. The van der Waals surface area contributed by atoms with E-state index in [1.807, 2.05) is 0 Å². The first-order valence-corrected chi connectivity index (χ1v) is 10.1. The normalized spacial score (nSPS) is 15.9. The minimum Gasteiger partial charge on any atom is -0.369 e. The Kier molecular flexibility index (Phi) is 11.5. The predicted octanol–water partition coefficient (Wildman–Crippen LogP) is 2.02. The van der Waals surface area contributed by atoms with Crippen molar-refractivity contribution >= 4 is 35.8 Å². The fraction of sp³-hybridized carbons (Fsp3) is 0.700. The summed E-state index contributed by atoms with van der Waals surface area (Å²) in [6.45, 7) is 7.68. The fourth-order valence-electron chi connectivity index (χ4n) is 3.52. The van der Waals surface area contributed by atoms with Crippen LogP contribution in [0.3, 0.4) is 0 Å². The number of likely N-dealkylation sites (tertiary alicyclic amines) is 1. The number of piperidine rings is 1. The second-order valence-corrected chi connectivity index (χ2v) is 7.43. The Morgan fingerprint density at radius 1 is 1.36 bits per heavy atom. The van der Waals surface area contributed by atoms with Crippen LogP contribution in [0.1, 0.15) is 38.3 Å². The second kappa shape index (κ2) is 13.0. The van der Waals surface area contributed by atoms with Crippen LogP contribution < -0.4 is 11.1 Å². The molecule has 1 fully saturated rings. The number of nitrogens with one attached hydrogen (secondary N) is 1. The lowest BCUT2D eigenvalue weighted by Gasteiger charge is -2.30. The molecule has 160 valence electrons. The number of aromatic nitrogens is 1. The molecule has 0 spiro atoms. The first kappa shape index (κ1) is 24.7. The van der Waals surface area contributed by atoms with Crippen LogP contribution >= 0.6 is 24.0 Å². The van der Waals surface area contributed by atoms with Crippen molar-refractivity contribution in [1.82, 2.24) is 19.7 Å². The van der Waals surface area contributed by atoms with Crippen molar-refractivity contribution in [2.75, 3.05) is 39.8 Å². The number of aryl methyl sites for hydroxylation is 1. The lowest BCUT2D eigenvalue weighted by Crippen LogP contribution is -2.39. The minimum atomic E-state index is -0.139. The number of carbonyl (C=O) groups excluding carboxylic acids is 1. The molecule has 7 nitrogen and oxygen atoms in total. The van der Waals surface area contributed by atoms with Crippen LogP contribution in [0.4, 0.5) is 0 Å². The number of hydrogen-bond donors (Lipinski definition) is 2. The Labute approximate surface area is 186 Å². The van der Waals surface area contributed by atoms with E-state index in [2.05, 4.69) is 59.0 Å². The van der Waals surface area contributed by atoms with Crippen molar-refractivity contribution in [2.45, 2.75) is 39.2 Å². The average molecular weight is 504 g/mol. The molecule has 0 aromatic carbocycles. The zero-order chi connectivity index (χ0) is 19.6. The van der Waals surface area contributed by atoms with Crippen LogP contribution in [0, 0.1) is 5.92 Å². The Morgan fingerprint density at radius 3 is 2.64 bits per heavy atom. The highest BCUT2D eigenvalue weighted by molar-refractivity contribution is 14.0. The molecule has 0 saturated carbocycles. The third-order valence-corrected chi connectivity index (χ3v) is 5.28. The Hall–Kier alpha value is -1.29. The van der Waals surface area contributed by atoms with Gasteiger partial charge in [-0.05, 0) is 64.4 Å². The third kappa shape index (κ3) is 7.98. The summed E-state index contributed by atoms with van der Waals surface area (Å²) >= 11 is 0. The van der Waals surface area contributed by atoms with Crippen LogP contribution in [0.15, 0.2) is 23.3 Å². The number of primary amides is 1. The zero-order valence-electron chi connectivity index (χ0n) is 17.6. The summed E-state index contributed by atoms with van der Waals surface area (Å²) in [6, 6.07) is 4.21. The van der Waals surface area contributed by atoms with Crippen molar-refractivity contribution < 1.29 is 4.79 Å². The van der Waals surface area contributed by atoms with E-state index in [1.165, 1.54) is 5.69 Å². The van der Waals surface area contributed by atoms with Gasteiger partial charge < -0.3 is 25.4 Å². The highest BCUT2D eigenvalue weighted by Crippen LogP contribution is 2.16. The molecular formula is C20H37IN6O. The molecule has 0 radical (unpaired) electrons. The summed E-state index contributed by atoms with van der Waals surface area (Å²) in [5, 5.41) is 3.38. The molecule has 1 aromatic rings. The van der Waals surface area contributed by atoms with Crippen LogP contribution in [0.5, 0.6) is 0 Å². The van der Waals surface area contributed by atoms with E-state index in [4.69, 9.17) is 10.7 Å². The topological polar surface area (TPSA) is 78.9 Å². The van der Waals surface area contributed by atoms with Crippen molar-refractivity contribution in [3.8, 4) is 0 Å². The van der Waals surface area contributed by atoms with Gasteiger partial charge in [0.1, 0.15) is 0 Å². The van der Waals surface area contributed by atoms with Gasteiger partial charge >= 0.3 is 0 Å². The predicted molar refractivity (Wildman–Crippen MR) is 126 cm³/mol. The number of rotatable bonds is 9. The molecule has 1 aliphatic rings. The van der Waals surface area contributed by atoms with Crippen LogP contribution in [0.2, 0.25) is 0 Å². The largest absolute Gasteiger partial charge is 0.369 e. The van der Waals surface area contributed by atoms with Gasteiger partial charge in [-0.1, -0.05) is 0 Å². The Balaban J connectivity index is 0.00000392. The first-order chi connectivity index (χ1) is 13.0. The Bertz CT molecular complexity index is 610. The van der Waals surface area contributed by atoms with E-state index < -0.39 is 0 Å². The lowest BCUT2D eigenvalue weighted by molar-refractivity contribution is -0.123. The summed E-state index contributed by atoms with van der Waals surface area (Å²) in [6.07, 6.45) is 6.08. The summed E-state index contributed by atoms with van der Waals surface area (Å²) in [7, 11) is 4.15. The number of carbonyl (C=O) groups is 1. The molecule has 1 saturated heterocycles. The number of amides is 1. The lowest BCUT2D eigenvalue weighted by atomic mass is 9.96. The molecule has 2 rings (SSSR count). The van der Waals surface area contributed by atoms with Crippen molar-refractivity contribution in [1.29, 1.82) is 0 Å². The van der Waals surface area contributed by atoms with Crippen molar-refractivity contribution in [2.24, 2.45) is 23.7 Å². The molecule has 1 amide bonds. The van der Waals surface area contributed by atoms with Gasteiger partial charge in [-0.3, -0.25) is 9.79 Å².